The maximum Gasteiger partial charge on any atom is 0.391 e. The average molecular weight is 365 g/mol. The summed E-state index contributed by atoms with van der Waals surface area (Å²) in [7, 11) is 0. The van der Waals surface area contributed by atoms with Crippen LogP contribution in [0.4, 0.5) is 18.9 Å². The zero-order valence-electron chi connectivity index (χ0n) is 12.0. The fraction of sp³-hybridized carbons (Fsp3) is 0.600. The van der Waals surface area contributed by atoms with E-state index in [9.17, 15) is 13.2 Å². The summed E-state index contributed by atoms with van der Waals surface area (Å²) >= 11 is 3.52. The van der Waals surface area contributed by atoms with Gasteiger partial charge in [0.2, 0.25) is 0 Å². The van der Waals surface area contributed by atoms with Crippen molar-refractivity contribution in [2.24, 2.45) is 11.7 Å². The van der Waals surface area contributed by atoms with Gasteiger partial charge < -0.3 is 10.6 Å². The first kappa shape index (κ1) is 16.6. The zero-order chi connectivity index (χ0) is 15.6. The molecule has 1 aromatic carbocycles. The van der Waals surface area contributed by atoms with Crippen LogP contribution < -0.4 is 10.6 Å². The van der Waals surface area contributed by atoms with Gasteiger partial charge in [0.1, 0.15) is 0 Å². The van der Waals surface area contributed by atoms with Crippen LogP contribution in [0, 0.1) is 5.92 Å². The van der Waals surface area contributed by atoms with Gasteiger partial charge in [0.15, 0.2) is 0 Å². The van der Waals surface area contributed by atoms with Crippen LogP contribution in [-0.4, -0.2) is 25.3 Å². The summed E-state index contributed by atoms with van der Waals surface area (Å²) in [5, 5.41) is 0. The summed E-state index contributed by atoms with van der Waals surface area (Å²) in [5.41, 5.74) is 7.88. The molecular formula is C15H20BrF3N2. The molecule has 1 aliphatic heterocycles. The molecule has 1 fully saturated rings. The SMILES string of the molecule is CC(N)Cc1ccc(N2CCC(C(F)(F)F)CC2)cc1Br. The molecule has 1 aliphatic rings. The Morgan fingerprint density at radius 1 is 1.33 bits per heavy atom. The Kier molecular flexibility index (Phi) is 5.20. The maximum absolute atomic E-state index is 12.7. The minimum Gasteiger partial charge on any atom is -0.371 e. The number of piperidine rings is 1. The predicted molar refractivity (Wildman–Crippen MR) is 82.5 cm³/mol. The summed E-state index contributed by atoms with van der Waals surface area (Å²) in [4.78, 5) is 2.02. The lowest BCUT2D eigenvalue weighted by Crippen LogP contribution is -2.39. The van der Waals surface area contributed by atoms with E-state index < -0.39 is 12.1 Å². The van der Waals surface area contributed by atoms with Gasteiger partial charge in [-0.2, -0.15) is 13.2 Å². The molecule has 0 aromatic heterocycles. The van der Waals surface area contributed by atoms with E-state index in [0.29, 0.717) is 13.1 Å². The van der Waals surface area contributed by atoms with Gasteiger partial charge in [-0.05, 0) is 43.9 Å². The van der Waals surface area contributed by atoms with E-state index in [4.69, 9.17) is 5.73 Å². The Labute approximate surface area is 131 Å². The highest BCUT2D eigenvalue weighted by Crippen LogP contribution is 2.36. The molecule has 0 aliphatic carbocycles. The lowest BCUT2D eigenvalue weighted by Gasteiger charge is -2.34. The minimum atomic E-state index is -4.06. The van der Waals surface area contributed by atoms with Crippen LogP contribution in [0.15, 0.2) is 22.7 Å². The third-order valence-corrected chi connectivity index (χ3v) is 4.64. The van der Waals surface area contributed by atoms with Crippen molar-refractivity contribution in [1.82, 2.24) is 0 Å². The van der Waals surface area contributed by atoms with Crippen molar-refractivity contribution in [3.05, 3.63) is 28.2 Å². The molecule has 0 spiro atoms. The summed E-state index contributed by atoms with van der Waals surface area (Å²) < 4.78 is 39.0. The van der Waals surface area contributed by atoms with Crippen molar-refractivity contribution >= 4 is 21.6 Å². The number of nitrogens with zero attached hydrogens (tertiary/aromatic N) is 1. The van der Waals surface area contributed by atoms with Crippen molar-refractivity contribution in [2.75, 3.05) is 18.0 Å². The highest BCUT2D eigenvalue weighted by molar-refractivity contribution is 9.10. The van der Waals surface area contributed by atoms with Gasteiger partial charge in [-0.3, -0.25) is 0 Å². The molecule has 1 heterocycles. The Hall–Kier alpha value is -0.750. The number of hydrogen-bond donors (Lipinski definition) is 1. The van der Waals surface area contributed by atoms with Crippen LogP contribution in [0.25, 0.3) is 0 Å². The van der Waals surface area contributed by atoms with Gasteiger partial charge in [-0.1, -0.05) is 22.0 Å². The number of rotatable bonds is 3. The molecule has 6 heteroatoms. The number of anilines is 1. The molecule has 1 saturated heterocycles. The van der Waals surface area contributed by atoms with E-state index in [2.05, 4.69) is 15.9 Å². The standard InChI is InChI=1S/C15H20BrF3N2/c1-10(20)8-11-2-3-13(9-14(11)16)21-6-4-12(5-7-21)15(17,18)19/h2-3,9-10,12H,4-8,20H2,1H3. The summed E-state index contributed by atoms with van der Waals surface area (Å²) in [6.45, 7) is 2.84. The van der Waals surface area contributed by atoms with E-state index in [1.165, 1.54) is 0 Å². The Balaban J connectivity index is 2.02. The molecule has 1 unspecified atom stereocenters. The molecular weight excluding hydrogens is 345 g/mol. The highest BCUT2D eigenvalue weighted by Gasteiger charge is 2.41. The molecule has 2 rings (SSSR count). The number of halogens is 4. The van der Waals surface area contributed by atoms with Gasteiger partial charge in [-0.15, -0.1) is 0 Å². The quantitative estimate of drug-likeness (QED) is 0.873. The molecule has 118 valence electrons. The third kappa shape index (κ3) is 4.36. The normalized spacial score (nSPS) is 18.9. The van der Waals surface area contributed by atoms with Crippen molar-refractivity contribution in [3.8, 4) is 0 Å². The largest absolute Gasteiger partial charge is 0.391 e. The summed E-state index contributed by atoms with van der Waals surface area (Å²) in [5.74, 6) is -1.16. The van der Waals surface area contributed by atoms with E-state index in [1.807, 2.05) is 30.0 Å². The third-order valence-electron chi connectivity index (χ3n) is 3.90. The van der Waals surface area contributed by atoms with Crippen molar-refractivity contribution in [3.63, 3.8) is 0 Å². The molecule has 0 bridgehead atoms. The first-order chi connectivity index (χ1) is 9.77. The minimum absolute atomic E-state index is 0.0784. The average Bonchev–Trinajstić information content (AvgIpc) is 2.40. The predicted octanol–water partition coefficient (Wildman–Crippen LogP) is 4.12. The topological polar surface area (TPSA) is 29.3 Å². The maximum atomic E-state index is 12.7. The van der Waals surface area contributed by atoms with Crippen LogP contribution in [0.5, 0.6) is 0 Å². The first-order valence-corrected chi connectivity index (χ1v) is 7.92. The second-order valence-electron chi connectivity index (χ2n) is 5.76. The number of hydrogen-bond acceptors (Lipinski definition) is 2. The lowest BCUT2D eigenvalue weighted by atomic mass is 9.96. The van der Waals surface area contributed by atoms with Crippen molar-refractivity contribution < 1.29 is 13.2 Å². The van der Waals surface area contributed by atoms with Crippen molar-refractivity contribution in [2.45, 2.75) is 38.4 Å². The van der Waals surface area contributed by atoms with E-state index in [1.54, 1.807) is 0 Å². The van der Waals surface area contributed by atoms with Gasteiger partial charge in [0.05, 0.1) is 5.92 Å². The molecule has 2 N–H and O–H groups in total. The second kappa shape index (κ2) is 6.57. The second-order valence-corrected chi connectivity index (χ2v) is 6.61. The summed E-state index contributed by atoms with van der Waals surface area (Å²) in [6, 6.07) is 6.02. The first-order valence-electron chi connectivity index (χ1n) is 7.13. The van der Waals surface area contributed by atoms with E-state index in [0.717, 1.165) is 22.1 Å². The van der Waals surface area contributed by atoms with Crippen LogP contribution >= 0.6 is 15.9 Å². The van der Waals surface area contributed by atoms with Crippen LogP contribution in [0.2, 0.25) is 0 Å². The van der Waals surface area contributed by atoms with Gasteiger partial charge in [-0.25, -0.2) is 0 Å². The van der Waals surface area contributed by atoms with Crippen LogP contribution in [-0.2, 0) is 6.42 Å². The van der Waals surface area contributed by atoms with E-state index in [-0.39, 0.29) is 18.9 Å². The highest BCUT2D eigenvalue weighted by atomic mass is 79.9. The van der Waals surface area contributed by atoms with Gasteiger partial charge >= 0.3 is 6.18 Å². The monoisotopic (exact) mass is 364 g/mol. The number of alkyl halides is 3. The molecule has 1 atom stereocenters. The smallest absolute Gasteiger partial charge is 0.371 e. The lowest BCUT2D eigenvalue weighted by molar-refractivity contribution is -0.179. The number of benzene rings is 1. The zero-order valence-corrected chi connectivity index (χ0v) is 13.5. The molecule has 0 radical (unpaired) electrons. The molecule has 0 saturated carbocycles. The van der Waals surface area contributed by atoms with Crippen molar-refractivity contribution in [1.29, 1.82) is 0 Å². The Bertz CT molecular complexity index is 480. The fourth-order valence-corrected chi connectivity index (χ4v) is 3.24. The molecule has 0 amide bonds. The molecule has 2 nitrogen and oxygen atoms in total. The Morgan fingerprint density at radius 3 is 2.43 bits per heavy atom. The fourth-order valence-electron chi connectivity index (χ4n) is 2.71. The molecule has 1 aromatic rings. The number of nitrogens with two attached hydrogens (primary N) is 1. The molecule has 21 heavy (non-hydrogen) atoms. The Morgan fingerprint density at radius 2 is 1.95 bits per heavy atom. The van der Waals surface area contributed by atoms with E-state index >= 15 is 0 Å². The van der Waals surface area contributed by atoms with Gasteiger partial charge in [0.25, 0.3) is 0 Å². The van der Waals surface area contributed by atoms with Crippen LogP contribution in [0.3, 0.4) is 0 Å². The van der Waals surface area contributed by atoms with Gasteiger partial charge in [0, 0.05) is 29.3 Å². The summed E-state index contributed by atoms with van der Waals surface area (Å²) in [6.07, 6.45) is -2.95. The van der Waals surface area contributed by atoms with Crippen LogP contribution in [0.1, 0.15) is 25.3 Å².